The van der Waals surface area contributed by atoms with Gasteiger partial charge in [0.2, 0.25) is 17.8 Å². The summed E-state index contributed by atoms with van der Waals surface area (Å²) in [4.78, 5) is 43.5. The van der Waals surface area contributed by atoms with Gasteiger partial charge >= 0.3 is 0 Å². The molecular formula is C29H47N9O6. The van der Waals surface area contributed by atoms with Crippen molar-refractivity contribution in [1.29, 1.82) is 0 Å². The normalized spacial score (nSPS) is 19.2. The molecule has 5 heterocycles. The van der Waals surface area contributed by atoms with Crippen LogP contribution in [0, 0.1) is 0 Å². The third-order valence-electron chi connectivity index (χ3n) is 8.75. The summed E-state index contributed by atoms with van der Waals surface area (Å²) in [5.74, 6) is 2.19. The number of piperidine rings is 1. The Kier molecular flexibility index (Phi) is 11.2. The number of aromatic nitrogens is 4. The number of hydrogen-bond acceptors (Lipinski definition) is 14. The number of piperazine rings is 1. The maximum absolute atomic E-state index is 13.3. The standard InChI is InChI=1S/C29H47N9O6/c1-42-17-13-36(14-18-43-2)29-31-25-24(26(32-29)34-9-6-22(44-3)7-10-34)30-28(35(11-15-39)12-16-40)33-27(25)37-19-21-5-4-8-38(21)23(41)20-37/h21-22,39-40H,4-20H2,1-3H3. The van der Waals surface area contributed by atoms with Crippen LogP contribution in [0.15, 0.2) is 0 Å². The lowest BCUT2D eigenvalue weighted by Crippen LogP contribution is -2.54. The molecule has 0 spiro atoms. The number of amides is 1. The zero-order valence-electron chi connectivity index (χ0n) is 26.2. The van der Waals surface area contributed by atoms with Crippen molar-refractivity contribution < 1.29 is 29.2 Å². The Hall–Kier alpha value is -3.11. The number of anilines is 4. The Labute approximate surface area is 258 Å². The maximum Gasteiger partial charge on any atom is 0.242 e. The molecule has 15 heteroatoms. The van der Waals surface area contributed by atoms with Crippen LogP contribution in [0.5, 0.6) is 0 Å². The fourth-order valence-corrected chi connectivity index (χ4v) is 6.35. The van der Waals surface area contributed by atoms with Crippen LogP contribution >= 0.6 is 0 Å². The van der Waals surface area contributed by atoms with Gasteiger partial charge in [0.1, 0.15) is 11.0 Å². The number of fused-ring (bicyclic) bond motifs is 2. The molecule has 1 atom stereocenters. The summed E-state index contributed by atoms with van der Waals surface area (Å²) in [6.07, 6.45) is 3.80. The molecule has 244 valence electrons. The lowest BCUT2D eigenvalue weighted by atomic mass is 10.1. The van der Waals surface area contributed by atoms with Crippen molar-refractivity contribution in [3.8, 4) is 0 Å². The van der Waals surface area contributed by atoms with Gasteiger partial charge in [0, 0.05) is 79.7 Å². The van der Waals surface area contributed by atoms with Crippen LogP contribution in [0.1, 0.15) is 25.7 Å². The van der Waals surface area contributed by atoms with Crippen molar-refractivity contribution in [3.05, 3.63) is 0 Å². The van der Waals surface area contributed by atoms with E-state index in [1.165, 1.54) is 0 Å². The van der Waals surface area contributed by atoms with Gasteiger partial charge in [-0.05, 0) is 25.7 Å². The van der Waals surface area contributed by atoms with Gasteiger partial charge in [-0.15, -0.1) is 0 Å². The third kappa shape index (κ3) is 7.07. The quantitative estimate of drug-likeness (QED) is 0.270. The largest absolute Gasteiger partial charge is 0.395 e. The van der Waals surface area contributed by atoms with Gasteiger partial charge in [-0.1, -0.05) is 0 Å². The molecule has 1 amide bonds. The van der Waals surface area contributed by atoms with Crippen LogP contribution in [0.3, 0.4) is 0 Å². The molecule has 5 rings (SSSR count). The zero-order valence-corrected chi connectivity index (χ0v) is 26.2. The number of aliphatic hydroxyl groups is 2. The average molecular weight is 618 g/mol. The number of carbonyl (C=O) groups excluding carboxylic acids is 1. The SMILES string of the molecule is COCCN(CCOC)c1nc(N2CCC(OC)CC2)c2nc(N(CCO)CCO)nc(N3CC(=O)N4CCCC4C3)c2n1. The first-order valence-electron chi connectivity index (χ1n) is 15.6. The predicted molar refractivity (Wildman–Crippen MR) is 167 cm³/mol. The molecule has 3 aliphatic heterocycles. The highest BCUT2D eigenvalue weighted by Gasteiger charge is 2.38. The van der Waals surface area contributed by atoms with Crippen molar-refractivity contribution in [1.82, 2.24) is 24.8 Å². The summed E-state index contributed by atoms with van der Waals surface area (Å²) in [7, 11) is 5.08. The number of rotatable bonds is 15. The number of ether oxygens (including phenoxy) is 3. The number of carbonyl (C=O) groups is 1. The molecule has 0 aliphatic carbocycles. The molecule has 2 aromatic rings. The minimum absolute atomic E-state index is 0.0765. The molecule has 0 aromatic carbocycles. The summed E-state index contributed by atoms with van der Waals surface area (Å²) in [6, 6.07) is 0.115. The number of hydrogen-bond donors (Lipinski definition) is 2. The van der Waals surface area contributed by atoms with E-state index in [-0.39, 0.29) is 50.9 Å². The molecule has 15 nitrogen and oxygen atoms in total. The molecule has 44 heavy (non-hydrogen) atoms. The van der Waals surface area contributed by atoms with Crippen molar-refractivity contribution in [2.45, 2.75) is 37.8 Å². The number of methoxy groups -OCH3 is 3. The Morgan fingerprint density at radius 2 is 1.34 bits per heavy atom. The van der Waals surface area contributed by atoms with Crippen LogP contribution in [0.4, 0.5) is 23.5 Å². The van der Waals surface area contributed by atoms with Crippen LogP contribution in [0.2, 0.25) is 0 Å². The van der Waals surface area contributed by atoms with Crippen LogP contribution < -0.4 is 19.6 Å². The number of nitrogens with zero attached hydrogens (tertiary/aromatic N) is 9. The van der Waals surface area contributed by atoms with Gasteiger partial charge in [-0.2, -0.15) is 9.97 Å². The molecule has 0 bridgehead atoms. The summed E-state index contributed by atoms with van der Waals surface area (Å²) in [6.45, 7) is 5.39. The molecular weight excluding hydrogens is 570 g/mol. The fourth-order valence-electron chi connectivity index (χ4n) is 6.35. The molecule has 0 saturated carbocycles. The van der Waals surface area contributed by atoms with Crippen molar-refractivity contribution >= 4 is 40.5 Å². The van der Waals surface area contributed by atoms with Gasteiger partial charge in [-0.25, -0.2) is 9.97 Å². The Morgan fingerprint density at radius 1 is 0.773 bits per heavy atom. The monoisotopic (exact) mass is 617 g/mol. The molecule has 3 fully saturated rings. The van der Waals surface area contributed by atoms with Gasteiger partial charge in [-0.3, -0.25) is 4.79 Å². The molecule has 3 aliphatic rings. The van der Waals surface area contributed by atoms with Crippen molar-refractivity contribution in [3.63, 3.8) is 0 Å². The Balaban J connectivity index is 1.69. The van der Waals surface area contributed by atoms with Crippen molar-refractivity contribution in [2.75, 3.05) is 126 Å². The summed E-state index contributed by atoms with van der Waals surface area (Å²) in [5.41, 5.74) is 1.14. The van der Waals surface area contributed by atoms with E-state index in [4.69, 9.17) is 34.1 Å². The van der Waals surface area contributed by atoms with Crippen LogP contribution in [-0.4, -0.2) is 160 Å². The lowest BCUT2D eigenvalue weighted by molar-refractivity contribution is -0.131. The van der Waals surface area contributed by atoms with E-state index in [9.17, 15) is 15.0 Å². The first-order chi connectivity index (χ1) is 21.5. The highest BCUT2D eigenvalue weighted by atomic mass is 16.5. The predicted octanol–water partition coefficient (Wildman–Crippen LogP) is -0.264. The van der Waals surface area contributed by atoms with Crippen molar-refractivity contribution in [2.24, 2.45) is 0 Å². The highest BCUT2D eigenvalue weighted by molar-refractivity contribution is 5.96. The van der Waals surface area contributed by atoms with E-state index in [0.29, 0.717) is 67.4 Å². The van der Waals surface area contributed by atoms with E-state index in [1.54, 1.807) is 26.2 Å². The van der Waals surface area contributed by atoms with Gasteiger partial charge in [0.25, 0.3) is 0 Å². The van der Waals surface area contributed by atoms with Gasteiger partial charge in [0.05, 0.1) is 39.1 Å². The molecule has 1 unspecified atom stereocenters. The fraction of sp³-hybridized carbons (Fsp3) is 0.759. The van der Waals surface area contributed by atoms with E-state index in [2.05, 4.69) is 4.90 Å². The molecule has 2 aromatic heterocycles. The summed E-state index contributed by atoms with van der Waals surface area (Å²) >= 11 is 0. The van der Waals surface area contributed by atoms with Crippen LogP contribution in [-0.2, 0) is 19.0 Å². The van der Waals surface area contributed by atoms with Gasteiger partial charge < -0.3 is 48.9 Å². The second-order valence-corrected chi connectivity index (χ2v) is 11.5. The lowest BCUT2D eigenvalue weighted by Gasteiger charge is -2.38. The average Bonchev–Trinajstić information content (AvgIpc) is 3.53. The second kappa shape index (κ2) is 15.3. The third-order valence-corrected chi connectivity index (χ3v) is 8.75. The second-order valence-electron chi connectivity index (χ2n) is 11.5. The topological polar surface area (TPSA) is 153 Å². The number of aliphatic hydroxyl groups excluding tert-OH is 2. The van der Waals surface area contributed by atoms with Crippen LogP contribution in [0.25, 0.3) is 11.0 Å². The van der Waals surface area contributed by atoms with E-state index in [0.717, 1.165) is 45.3 Å². The molecule has 2 N–H and O–H groups in total. The summed E-state index contributed by atoms with van der Waals surface area (Å²) in [5, 5.41) is 19.7. The Bertz CT molecular complexity index is 1230. The first-order valence-corrected chi connectivity index (χ1v) is 15.6. The minimum atomic E-state index is -0.128. The maximum atomic E-state index is 13.3. The van der Waals surface area contributed by atoms with E-state index >= 15 is 0 Å². The Morgan fingerprint density at radius 3 is 1.89 bits per heavy atom. The zero-order chi connectivity index (χ0) is 31.1. The molecule has 3 saturated heterocycles. The first kappa shape index (κ1) is 32.3. The highest BCUT2D eigenvalue weighted by Crippen LogP contribution is 2.36. The summed E-state index contributed by atoms with van der Waals surface area (Å²) < 4.78 is 16.5. The molecule has 0 radical (unpaired) electrons. The minimum Gasteiger partial charge on any atom is -0.395 e. The smallest absolute Gasteiger partial charge is 0.242 e. The van der Waals surface area contributed by atoms with E-state index in [1.807, 2.05) is 14.7 Å². The van der Waals surface area contributed by atoms with E-state index < -0.39 is 0 Å². The van der Waals surface area contributed by atoms with Gasteiger partial charge in [0.15, 0.2) is 11.6 Å².